The number of hydrogen-bond donors (Lipinski definition) is 2. The summed E-state index contributed by atoms with van der Waals surface area (Å²) in [5.41, 5.74) is 5.74. The second-order valence-electron chi connectivity index (χ2n) is 1.96. The van der Waals surface area contributed by atoms with Crippen molar-refractivity contribution in [2.75, 3.05) is 6.54 Å². The lowest BCUT2D eigenvalue weighted by Crippen LogP contribution is -2.29. The van der Waals surface area contributed by atoms with Gasteiger partial charge in [-0.25, -0.2) is 4.98 Å². The predicted molar refractivity (Wildman–Crippen MR) is 37.4 cm³/mol. The van der Waals surface area contributed by atoms with Crippen LogP contribution < -0.4 is 11.1 Å². The van der Waals surface area contributed by atoms with Gasteiger partial charge in [0.05, 0.1) is 18.8 Å². The van der Waals surface area contributed by atoms with Crippen LogP contribution in [0, 0.1) is 0 Å². The Morgan fingerprint density at radius 2 is 2.64 bits per heavy atom. The minimum absolute atomic E-state index is 0.00213. The van der Waals surface area contributed by atoms with Crippen LogP contribution in [0.4, 0.5) is 0 Å². The van der Waals surface area contributed by atoms with Gasteiger partial charge < -0.3 is 15.5 Å². The zero-order chi connectivity index (χ0) is 8.10. The molecule has 1 heterocycles. The maximum absolute atomic E-state index is 10.6. The molecule has 0 bridgehead atoms. The molecule has 1 aromatic rings. The third-order valence-corrected chi connectivity index (χ3v) is 1.14. The number of rotatable bonds is 3. The van der Waals surface area contributed by atoms with Gasteiger partial charge in [0.1, 0.15) is 6.26 Å². The molecular weight excluding hydrogens is 146 g/mol. The standard InChI is InChI=1S/C6H9N3O2/c7-1-6(10)8-2-5-3-11-4-9-5/h3-4H,1-2,7H2,(H,8,10). The molecule has 60 valence electrons. The molecule has 0 radical (unpaired) electrons. The average Bonchev–Trinajstić information content (AvgIpc) is 2.52. The third kappa shape index (κ3) is 2.38. The van der Waals surface area contributed by atoms with E-state index in [9.17, 15) is 4.79 Å². The maximum Gasteiger partial charge on any atom is 0.234 e. The highest BCUT2D eigenvalue weighted by Crippen LogP contribution is 1.91. The summed E-state index contributed by atoms with van der Waals surface area (Å²) in [4.78, 5) is 14.4. The van der Waals surface area contributed by atoms with E-state index in [1.54, 1.807) is 0 Å². The van der Waals surface area contributed by atoms with Gasteiger partial charge in [0.15, 0.2) is 6.39 Å². The molecule has 0 aliphatic heterocycles. The van der Waals surface area contributed by atoms with Crippen molar-refractivity contribution in [3.8, 4) is 0 Å². The van der Waals surface area contributed by atoms with Gasteiger partial charge in [-0.05, 0) is 0 Å². The van der Waals surface area contributed by atoms with Crippen LogP contribution in [0.2, 0.25) is 0 Å². The Kier molecular flexibility index (Phi) is 2.62. The topological polar surface area (TPSA) is 81.2 Å². The minimum atomic E-state index is -0.201. The first-order valence-electron chi connectivity index (χ1n) is 3.16. The van der Waals surface area contributed by atoms with Gasteiger partial charge in [-0.3, -0.25) is 4.79 Å². The van der Waals surface area contributed by atoms with Crippen molar-refractivity contribution < 1.29 is 9.21 Å². The maximum atomic E-state index is 10.6. The molecule has 11 heavy (non-hydrogen) atoms. The summed E-state index contributed by atoms with van der Waals surface area (Å²) in [5.74, 6) is -0.201. The number of nitrogens with one attached hydrogen (secondary N) is 1. The number of aromatic nitrogens is 1. The highest BCUT2D eigenvalue weighted by atomic mass is 16.3. The van der Waals surface area contributed by atoms with Gasteiger partial charge in [0.25, 0.3) is 0 Å². The second kappa shape index (κ2) is 3.72. The average molecular weight is 155 g/mol. The molecule has 0 unspecified atom stereocenters. The summed E-state index contributed by atoms with van der Waals surface area (Å²) < 4.78 is 4.69. The van der Waals surface area contributed by atoms with E-state index in [0.29, 0.717) is 12.2 Å². The number of carbonyl (C=O) groups excluding carboxylic acids is 1. The van der Waals surface area contributed by atoms with Crippen molar-refractivity contribution in [2.45, 2.75) is 6.54 Å². The molecule has 3 N–H and O–H groups in total. The Morgan fingerprint density at radius 3 is 3.18 bits per heavy atom. The van der Waals surface area contributed by atoms with E-state index >= 15 is 0 Å². The fourth-order valence-corrected chi connectivity index (χ4v) is 0.586. The lowest BCUT2D eigenvalue weighted by molar-refractivity contribution is -0.119. The van der Waals surface area contributed by atoms with Gasteiger partial charge in [0, 0.05) is 0 Å². The largest absolute Gasteiger partial charge is 0.451 e. The van der Waals surface area contributed by atoms with Crippen LogP contribution in [0.3, 0.4) is 0 Å². The summed E-state index contributed by atoms with van der Waals surface area (Å²) in [6.45, 7) is 0.365. The highest BCUT2D eigenvalue weighted by molar-refractivity contribution is 5.77. The van der Waals surface area contributed by atoms with Gasteiger partial charge in [-0.15, -0.1) is 0 Å². The smallest absolute Gasteiger partial charge is 0.234 e. The van der Waals surface area contributed by atoms with Crippen LogP contribution in [0.5, 0.6) is 0 Å². The number of hydrogen-bond acceptors (Lipinski definition) is 4. The van der Waals surface area contributed by atoms with E-state index in [0.717, 1.165) is 0 Å². The Morgan fingerprint density at radius 1 is 1.82 bits per heavy atom. The zero-order valence-electron chi connectivity index (χ0n) is 5.91. The summed E-state index contributed by atoms with van der Waals surface area (Å²) in [6.07, 6.45) is 2.78. The van der Waals surface area contributed by atoms with Crippen LogP contribution in [0.25, 0.3) is 0 Å². The lowest BCUT2D eigenvalue weighted by Gasteiger charge is -1.97. The Balaban J connectivity index is 2.29. The van der Waals surface area contributed by atoms with E-state index in [1.807, 2.05) is 0 Å². The van der Waals surface area contributed by atoms with Gasteiger partial charge in [-0.1, -0.05) is 0 Å². The molecule has 5 nitrogen and oxygen atoms in total. The second-order valence-corrected chi connectivity index (χ2v) is 1.96. The number of nitrogens with zero attached hydrogens (tertiary/aromatic N) is 1. The van der Waals surface area contributed by atoms with Crippen molar-refractivity contribution in [1.82, 2.24) is 10.3 Å². The van der Waals surface area contributed by atoms with E-state index < -0.39 is 0 Å². The van der Waals surface area contributed by atoms with E-state index in [4.69, 9.17) is 5.73 Å². The van der Waals surface area contributed by atoms with Crippen molar-refractivity contribution in [3.05, 3.63) is 18.4 Å². The van der Waals surface area contributed by atoms with Crippen molar-refractivity contribution >= 4 is 5.91 Å². The van der Waals surface area contributed by atoms with Gasteiger partial charge in [-0.2, -0.15) is 0 Å². The summed E-state index contributed by atoms with van der Waals surface area (Å²) in [7, 11) is 0. The number of oxazole rings is 1. The lowest BCUT2D eigenvalue weighted by atomic mass is 10.4. The van der Waals surface area contributed by atoms with Crippen molar-refractivity contribution in [3.63, 3.8) is 0 Å². The zero-order valence-corrected chi connectivity index (χ0v) is 5.91. The van der Waals surface area contributed by atoms with Crippen molar-refractivity contribution in [1.29, 1.82) is 0 Å². The SMILES string of the molecule is NCC(=O)NCc1cocn1. The Hall–Kier alpha value is -1.36. The van der Waals surface area contributed by atoms with E-state index in [-0.39, 0.29) is 12.5 Å². The fraction of sp³-hybridized carbons (Fsp3) is 0.333. The van der Waals surface area contributed by atoms with E-state index in [1.165, 1.54) is 12.7 Å². The molecule has 0 saturated carbocycles. The third-order valence-electron chi connectivity index (χ3n) is 1.14. The van der Waals surface area contributed by atoms with Crippen LogP contribution in [0.15, 0.2) is 17.1 Å². The first kappa shape index (κ1) is 7.74. The van der Waals surface area contributed by atoms with Crippen molar-refractivity contribution in [2.24, 2.45) is 5.73 Å². The molecule has 1 rings (SSSR count). The molecule has 1 aromatic heterocycles. The Labute approximate surface area is 63.6 Å². The number of amides is 1. The molecule has 0 fully saturated rings. The van der Waals surface area contributed by atoms with Crippen LogP contribution in [0.1, 0.15) is 5.69 Å². The van der Waals surface area contributed by atoms with Crippen LogP contribution >= 0.6 is 0 Å². The number of carbonyl (C=O) groups is 1. The molecule has 1 amide bonds. The van der Waals surface area contributed by atoms with E-state index in [2.05, 4.69) is 14.7 Å². The number of nitrogens with two attached hydrogens (primary N) is 1. The first-order chi connectivity index (χ1) is 5.33. The summed E-state index contributed by atoms with van der Waals surface area (Å²) in [6, 6.07) is 0. The minimum Gasteiger partial charge on any atom is -0.451 e. The van der Waals surface area contributed by atoms with Crippen LogP contribution in [-0.4, -0.2) is 17.4 Å². The monoisotopic (exact) mass is 155 g/mol. The molecule has 5 heteroatoms. The molecule has 0 aliphatic carbocycles. The predicted octanol–water partition coefficient (Wildman–Crippen LogP) is -0.751. The van der Waals surface area contributed by atoms with Gasteiger partial charge >= 0.3 is 0 Å². The fourth-order valence-electron chi connectivity index (χ4n) is 0.586. The summed E-state index contributed by atoms with van der Waals surface area (Å²) in [5, 5.41) is 2.55. The van der Waals surface area contributed by atoms with Crippen LogP contribution in [-0.2, 0) is 11.3 Å². The molecule has 0 atom stereocenters. The van der Waals surface area contributed by atoms with Gasteiger partial charge in [0.2, 0.25) is 5.91 Å². The summed E-state index contributed by atoms with van der Waals surface area (Å²) >= 11 is 0. The normalized spacial score (nSPS) is 9.55. The Bertz CT molecular complexity index is 220. The molecule has 0 aromatic carbocycles. The molecule has 0 aliphatic rings. The quantitative estimate of drug-likeness (QED) is 0.601. The molecular formula is C6H9N3O2. The highest BCUT2D eigenvalue weighted by Gasteiger charge is 1.98. The first-order valence-corrected chi connectivity index (χ1v) is 3.16. The molecule has 0 saturated heterocycles. The molecule has 0 spiro atoms.